The summed E-state index contributed by atoms with van der Waals surface area (Å²) < 4.78 is 64.5. The van der Waals surface area contributed by atoms with Crippen molar-refractivity contribution in [1.82, 2.24) is 0 Å². The number of esters is 1. The van der Waals surface area contributed by atoms with Gasteiger partial charge in [-0.1, -0.05) is 12.1 Å². The highest BCUT2D eigenvalue weighted by molar-refractivity contribution is 5.81. The van der Waals surface area contributed by atoms with Gasteiger partial charge >= 0.3 is 23.8 Å². The summed E-state index contributed by atoms with van der Waals surface area (Å²) in [6.45, 7) is 0. The third-order valence-electron chi connectivity index (χ3n) is 1.88. The number of rotatable bonds is 3. The molecule has 104 valence electrons. The number of hydrogen-bond donors (Lipinski definition) is 0. The molecule has 0 fully saturated rings. The van der Waals surface area contributed by atoms with Crippen LogP contribution < -0.4 is 4.74 Å². The molecule has 1 aromatic rings. The normalized spacial score (nSPS) is 12.1. The number of carbonyl (C=O) groups excluding carboxylic acids is 1. The van der Waals surface area contributed by atoms with Crippen LogP contribution in [-0.4, -0.2) is 23.0 Å². The molecule has 0 bridgehead atoms. The van der Waals surface area contributed by atoms with Crippen molar-refractivity contribution in [2.45, 2.75) is 12.1 Å². The van der Waals surface area contributed by atoms with Gasteiger partial charge in [0.2, 0.25) is 5.75 Å². The first-order chi connectivity index (χ1) is 8.57. The van der Waals surface area contributed by atoms with Gasteiger partial charge in [0, 0.05) is 6.07 Å². The molecule has 10 heteroatoms. The molecule has 0 spiro atoms. The quantitative estimate of drug-likeness (QED) is 0.281. The summed E-state index contributed by atoms with van der Waals surface area (Å²) in [5.41, 5.74) is -0.908. The van der Waals surface area contributed by atoms with Gasteiger partial charge in [-0.3, -0.25) is 10.1 Å². The summed E-state index contributed by atoms with van der Waals surface area (Å²) >= 11 is 0. The van der Waals surface area contributed by atoms with Crippen LogP contribution in [0.15, 0.2) is 24.3 Å². The van der Waals surface area contributed by atoms with E-state index in [1.54, 1.807) is 0 Å². The van der Waals surface area contributed by atoms with E-state index in [0.717, 1.165) is 24.3 Å². The molecule has 0 amide bonds. The van der Waals surface area contributed by atoms with Gasteiger partial charge in [-0.25, -0.2) is 4.79 Å². The Morgan fingerprint density at radius 3 is 2.16 bits per heavy atom. The monoisotopic (exact) mass is 285 g/mol. The molecule has 0 aliphatic carbocycles. The molecule has 0 aromatic heterocycles. The standard InChI is InChI=1S/C9H4F5NO4/c10-8(11,9(12,13)14)7(16)19-6-4-2-1-3-5(6)15(17)18/h1-4H. The topological polar surface area (TPSA) is 69.4 Å². The summed E-state index contributed by atoms with van der Waals surface area (Å²) in [6.07, 6.45) is -6.15. The van der Waals surface area contributed by atoms with E-state index in [1.807, 2.05) is 0 Å². The zero-order chi connectivity index (χ0) is 14.8. The number of halogens is 5. The van der Waals surface area contributed by atoms with Gasteiger partial charge in [-0.05, 0) is 6.07 Å². The molecular weight excluding hydrogens is 281 g/mol. The Hall–Kier alpha value is -2.26. The van der Waals surface area contributed by atoms with Crippen molar-refractivity contribution in [2.75, 3.05) is 0 Å². The maximum atomic E-state index is 12.6. The predicted molar refractivity (Wildman–Crippen MR) is 49.7 cm³/mol. The Morgan fingerprint density at radius 2 is 1.68 bits per heavy atom. The van der Waals surface area contributed by atoms with E-state index >= 15 is 0 Å². The molecule has 1 aromatic carbocycles. The van der Waals surface area contributed by atoms with Crippen LogP contribution >= 0.6 is 0 Å². The number of para-hydroxylation sites is 2. The number of nitrogens with zero attached hydrogens (tertiary/aromatic N) is 1. The van der Waals surface area contributed by atoms with Gasteiger partial charge in [0.1, 0.15) is 0 Å². The van der Waals surface area contributed by atoms with Crippen molar-refractivity contribution in [3.63, 3.8) is 0 Å². The van der Waals surface area contributed by atoms with Crippen LogP contribution in [0.1, 0.15) is 0 Å². The van der Waals surface area contributed by atoms with Gasteiger partial charge in [-0.15, -0.1) is 0 Å². The van der Waals surface area contributed by atoms with Crippen molar-refractivity contribution >= 4 is 11.7 Å². The van der Waals surface area contributed by atoms with Gasteiger partial charge in [-0.2, -0.15) is 22.0 Å². The van der Waals surface area contributed by atoms with E-state index in [-0.39, 0.29) is 0 Å². The number of nitro groups is 1. The van der Waals surface area contributed by atoms with Crippen LogP contribution in [-0.2, 0) is 4.79 Å². The van der Waals surface area contributed by atoms with Crippen LogP contribution in [0.25, 0.3) is 0 Å². The highest BCUT2D eigenvalue weighted by atomic mass is 19.4. The molecule has 0 aliphatic heterocycles. The molecule has 5 nitrogen and oxygen atoms in total. The molecule has 0 saturated carbocycles. The van der Waals surface area contributed by atoms with Crippen LogP contribution in [0.3, 0.4) is 0 Å². The highest BCUT2D eigenvalue weighted by Crippen LogP contribution is 2.37. The van der Waals surface area contributed by atoms with Crippen LogP contribution in [0.4, 0.5) is 27.6 Å². The minimum absolute atomic E-state index is 0.725. The van der Waals surface area contributed by atoms with Crippen molar-refractivity contribution < 1.29 is 36.4 Å². The minimum Gasteiger partial charge on any atom is -0.414 e. The number of ether oxygens (including phenoxy) is 1. The van der Waals surface area contributed by atoms with Crippen molar-refractivity contribution in [1.29, 1.82) is 0 Å². The van der Waals surface area contributed by atoms with Crippen molar-refractivity contribution in [2.24, 2.45) is 0 Å². The number of benzene rings is 1. The van der Waals surface area contributed by atoms with E-state index in [0.29, 0.717) is 0 Å². The minimum atomic E-state index is -6.15. The summed E-state index contributed by atoms with van der Waals surface area (Å²) in [5.74, 6) is -9.69. The Kier molecular flexibility index (Phi) is 3.73. The molecule has 0 radical (unpaired) electrons. The first-order valence-corrected chi connectivity index (χ1v) is 4.47. The second-order valence-corrected chi connectivity index (χ2v) is 3.19. The van der Waals surface area contributed by atoms with E-state index in [1.165, 1.54) is 0 Å². The van der Waals surface area contributed by atoms with Crippen LogP contribution in [0.5, 0.6) is 5.75 Å². The fraction of sp³-hybridized carbons (Fsp3) is 0.222. The maximum absolute atomic E-state index is 12.6. The fourth-order valence-electron chi connectivity index (χ4n) is 0.974. The maximum Gasteiger partial charge on any atom is 0.465 e. The van der Waals surface area contributed by atoms with Crippen LogP contribution in [0.2, 0.25) is 0 Å². The molecule has 19 heavy (non-hydrogen) atoms. The fourth-order valence-corrected chi connectivity index (χ4v) is 0.974. The summed E-state index contributed by atoms with van der Waals surface area (Å²) in [4.78, 5) is 20.1. The molecule has 0 unspecified atom stereocenters. The van der Waals surface area contributed by atoms with E-state index < -0.39 is 34.4 Å². The second kappa shape index (κ2) is 4.78. The molecule has 0 saturated heterocycles. The van der Waals surface area contributed by atoms with Gasteiger partial charge in [0.25, 0.3) is 0 Å². The van der Waals surface area contributed by atoms with Crippen molar-refractivity contribution in [3.05, 3.63) is 34.4 Å². The molecule has 0 N–H and O–H groups in total. The lowest BCUT2D eigenvalue weighted by atomic mass is 10.3. The predicted octanol–water partition coefficient (Wildman–Crippen LogP) is 2.70. The average Bonchev–Trinajstić information content (AvgIpc) is 2.27. The number of nitro benzene ring substituents is 1. The van der Waals surface area contributed by atoms with E-state index in [9.17, 15) is 36.9 Å². The zero-order valence-corrected chi connectivity index (χ0v) is 8.78. The molecule has 1 rings (SSSR count). The van der Waals surface area contributed by atoms with Gasteiger partial charge < -0.3 is 4.74 Å². The summed E-state index contributed by atoms with van der Waals surface area (Å²) in [5, 5.41) is 10.5. The molecule has 0 aliphatic rings. The van der Waals surface area contributed by atoms with Gasteiger partial charge in [0.15, 0.2) is 0 Å². The third-order valence-corrected chi connectivity index (χ3v) is 1.88. The van der Waals surface area contributed by atoms with Gasteiger partial charge in [0.05, 0.1) is 4.92 Å². The lowest BCUT2D eigenvalue weighted by Gasteiger charge is -2.17. The summed E-state index contributed by atoms with van der Waals surface area (Å²) in [7, 11) is 0. The zero-order valence-electron chi connectivity index (χ0n) is 8.78. The highest BCUT2D eigenvalue weighted by Gasteiger charge is 2.65. The third kappa shape index (κ3) is 2.95. The Balaban J connectivity index is 3.05. The summed E-state index contributed by atoms with van der Waals surface area (Å²) in [6, 6.07) is 3.70. The molecular formula is C9H4F5NO4. The van der Waals surface area contributed by atoms with Crippen LogP contribution in [0, 0.1) is 10.1 Å². The average molecular weight is 285 g/mol. The number of alkyl halides is 5. The smallest absolute Gasteiger partial charge is 0.414 e. The Labute approximate surface area is 101 Å². The number of hydrogen-bond acceptors (Lipinski definition) is 4. The number of carbonyl (C=O) groups is 1. The second-order valence-electron chi connectivity index (χ2n) is 3.19. The lowest BCUT2D eigenvalue weighted by Crippen LogP contribution is -2.46. The van der Waals surface area contributed by atoms with Crippen molar-refractivity contribution in [3.8, 4) is 5.75 Å². The largest absolute Gasteiger partial charge is 0.465 e. The first-order valence-electron chi connectivity index (χ1n) is 4.47. The molecule has 0 heterocycles. The van der Waals surface area contributed by atoms with E-state index in [2.05, 4.69) is 4.74 Å². The molecule has 0 atom stereocenters. The SMILES string of the molecule is O=C(Oc1ccccc1[N+](=O)[O-])C(F)(F)C(F)(F)F. The first kappa shape index (κ1) is 14.8. The lowest BCUT2D eigenvalue weighted by molar-refractivity contribution is -0.385. The Bertz CT molecular complexity index is 514. The Morgan fingerprint density at radius 1 is 1.16 bits per heavy atom. The van der Waals surface area contributed by atoms with E-state index in [4.69, 9.17) is 0 Å².